The van der Waals surface area contributed by atoms with Crippen molar-refractivity contribution in [1.29, 1.82) is 0 Å². The van der Waals surface area contributed by atoms with Crippen molar-refractivity contribution in [2.45, 2.75) is 51.6 Å². The lowest BCUT2D eigenvalue weighted by Crippen LogP contribution is -2.33. The monoisotopic (exact) mass is 502 g/mol. The maximum absolute atomic E-state index is 14.2. The number of benzene rings is 3. The van der Waals surface area contributed by atoms with Gasteiger partial charge in [0.2, 0.25) is 11.6 Å². The molecule has 0 atom stereocenters. The third-order valence-corrected chi connectivity index (χ3v) is 6.56. The van der Waals surface area contributed by atoms with E-state index in [-0.39, 0.29) is 18.1 Å². The van der Waals surface area contributed by atoms with Gasteiger partial charge in [-0.1, -0.05) is 56.2 Å². The van der Waals surface area contributed by atoms with Crippen molar-refractivity contribution in [3.63, 3.8) is 0 Å². The molecule has 0 amide bonds. The smallest absolute Gasteiger partial charge is 0.433 e. The first-order chi connectivity index (χ1) is 17.3. The van der Waals surface area contributed by atoms with Crippen molar-refractivity contribution in [3.8, 4) is 28.4 Å². The Hall–Kier alpha value is -3.22. The lowest BCUT2D eigenvalue weighted by Gasteiger charge is -2.26. The van der Waals surface area contributed by atoms with Gasteiger partial charge >= 0.3 is 6.11 Å². The van der Waals surface area contributed by atoms with Crippen molar-refractivity contribution in [2.24, 2.45) is 5.92 Å². The molecule has 0 saturated heterocycles. The highest BCUT2D eigenvalue weighted by atomic mass is 19.3. The SMILES string of the molecule is CCOc1ccc(OC(F)(F)COc2ccc(-c3ccc(C4CCC(C)CC4)cc3)cc2)c(F)c1F. The van der Waals surface area contributed by atoms with E-state index in [0.29, 0.717) is 5.92 Å². The minimum atomic E-state index is -3.88. The molecular formula is C29H30F4O3. The van der Waals surface area contributed by atoms with E-state index >= 15 is 0 Å². The van der Waals surface area contributed by atoms with E-state index in [9.17, 15) is 17.6 Å². The van der Waals surface area contributed by atoms with Crippen LogP contribution in [-0.2, 0) is 0 Å². The van der Waals surface area contributed by atoms with E-state index in [1.165, 1.54) is 31.2 Å². The van der Waals surface area contributed by atoms with E-state index in [1.54, 1.807) is 31.2 Å². The highest BCUT2D eigenvalue weighted by Crippen LogP contribution is 2.36. The number of alkyl halides is 2. The molecule has 0 aromatic heterocycles. The molecule has 0 heterocycles. The van der Waals surface area contributed by atoms with Gasteiger partial charge in [0.25, 0.3) is 0 Å². The summed E-state index contributed by atoms with van der Waals surface area (Å²) in [6, 6.07) is 17.2. The summed E-state index contributed by atoms with van der Waals surface area (Å²) in [5.74, 6) is -2.61. The van der Waals surface area contributed by atoms with E-state index in [2.05, 4.69) is 35.9 Å². The van der Waals surface area contributed by atoms with Crippen LogP contribution >= 0.6 is 0 Å². The van der Waals surface area contributed by atoms with Gasteiger partial charge in [0.15, 0.2) is 18.1 Å². The molecule has 3 aromatic carbocycles. The third-order valence-electron chi connectivity index (χ3n) is 6.56. The molecule has 1 fully saturated rings. The summed E-state index contributed by atoms with van der Waals surface area (Å²) in [7, 11) is 0. The molecule has 4 rings (SSSR count). The molecule has 0 bridgehead atoms. The van der Waals surface area contributed by atoms with Crippen LogP contribution in [0.4, 0.5) is 17.6 Å². The number of halogens is 4. The standard InChI is InChI=1S/C29H30F4O3/c1-3-34-25-16-17-26(28(31)27(25)30)36-29(32,33)18-35-24-14-12-23(13-15-24)22-10-8-21(9-11-22)20-6-4-19(2)5-7-20/h8-17,19-20H,3-7,18H2,1-2H3. The minimum absolute atomic E-state index is 0.102. The second kappa shape index (κ2) is 11.2. The molecule has 1 aliphatic carbocycles. The second-order valence-corrected chi connectivity index (χ2v) is 9.25. The highest BCUT2D eigenvalue weighted by Gasteiger charge is 2.35. The van der Waals surface area contributed by atoms with Gasteiger partial charge in [0.1, 0.15) is 5.75 Å². The first kappa shape index (κ1) is 25.9. The van der Waals surface area contributed by atoms with Crippen LogP contribution in [0.25, 0.3) is 11.1 Å². The Morgan fingerprint density at radius 2 is 1.31 bits per heavy atom. The summed E-state index contributed by atoms with van der Waals surface area (Å²) in [4.78, 5) is 0. The lowest BCUT2D eigenvalue weighted by molar-refractivity contribution is -0.196. The van der Waals surface area contributed by atoms with E-state index in [0.717, 1.165) is 29.2 Å². The normalized spacial score (nSPS) is 18.1. The van der Waals surface area contributed by atoms with Crippen molar-refractivity contribution >= 4 is 0 Å². The Morgan fingerprint density at radius 3 is 1.92 bits per heavy atom. The average Bonchev–Trinajstić information content (AvgIpc) is 2.88. The van der Waals surface area contributed by atoms with Gasteiger partial charge in [-0.2, -0.15) is 17.6 Å². The van der Waals surface area contributed by atoms with Crippen LogP contribution in [0.3, 0.4) is 0 Å². The van der Waals surface area contributed by atoms with Gasteiger partial charge in [0.05, 0.1) is 6.61 Å². The minimum Gasteiger partial charge on any atom is -0.491 e. The fraction of sp³-hybridized carbons (Fsp3) is 0.379. The first-order valence-electron chi connectivity index (χ1n) is 12.3. The molecule has 3 nitrogen and oxygen atoms in total. The second-order valence-electron chi connectivity index (χ2n) is 9.25. The van der Waals surface area contributed by atoms with Crippen LogP contribution in [0.1, 0.15) is 51.0 Å². The molecule has 3 aromatic rings. The lowest BCUT2D eigenvalue weighted by atomic mass is 9.79. The molecule has 7 heteroatoms. The summed E-state index contributed by atoms with van der Waals surface area (Å²) in [5.41, 5.74) is 3.31. The van der Waals surface area contributed by atoms with Gasteiger partial charge in [-0.15, -0.1) is 0 Å². The van der Waals surface area contributed by atoms with E-state index in [1.807, 2.05) is 0 Å². The van der Waals surface area contributed by atoms with Crippen LogP contribution in [-0.4, -0.2) is 19.3 Å². The molecule has 0 spiro atoms. The molecule has 0 N–H and O–H groups in total. The van der Waals surface area contributed by atoms with Crippen molar-refractivity contribution in [1.82, 2.24) is 0 Å². The number of ether oxygens (including phenoxy) is 3. The molecule has 0 aliphatic heterocycles. The maximum atomic E-state index is 14.2. The first-order valence-corrected chi connectivity index (χ1v) is 12.3. The number of hydrogen-bond acceptors (Lipinski definition) is 3. The largest absolute Gasteiger partial charge is 0.491 e. The van der Waals surface area contributed by atoms with E-state index < -0.39 is 30.1 Å². The Morgan fingerprint density at radius 1 is 0.750 bits per heavy atom. The fourth-order valence-corrected chi connectivity index (χ4v) is 4.50. The Labute approximate surface area is 209 Å². The van der Waals surface area contributed by atoms with Crippen molar-refractivity contribution in [2.75, 3.05) is 13.2 Å². The quantitative estimate of drug-likeness (QED) is 0.275. The molecule has 192 valence electrons. The van der Waals surface area contributed by atoms with Gasteiger partial charge in [-0.05, 0) is 72.6 Å². The predicted molar refractivity (Wildman–Crippen MR) is 131 cm³/mol. The molecular weight excluding hydrogens is 472 g/mol. The van der Waals surface area contributed by atoms with Gasteiger partial charge in [-0.25, -0.2) is 0 Å². The highest BCUT2D eigenvalue weighted by molar-refractivity contribution is 5.64. The summed E-state index contributed by atoms with van der Waals surface area (Å²) in [5, 5.41) is 0. The summed E-state index contributed by atoms with van der Waals surface area (Å²) < 4.78 is 71.0. The average molecular weight is 503 g/mol. The molecule has 1 aliphatic rings. The Kier molecular flexibility index (Phi) is 8.07. The zero-order valence-electron chi connectivity index (χ0n) is 20.4. The fourth-order valence-electron chi connectivity index (χ4n) is 4.50. The van der Waals surface area contributed by atoms with Crippen LogP contribution < -0.4 is 14.2 Å². The van der Waals surface area contributed by atoms with Crippen molar-refractivity contribution in [3.05, 3.63) is 77.9 Å². The Bertz CT molecular complexity index is 1140. The van der Waals surface area contributed by atoms with Crippen LogP contribution in [0.2, 0.25) is 0 Å². The summed E-state index contributed by atoms with van der Waals surface area (Å²) in [6.45, 7) is 2.83. The van der Waals surface area contributed by atoms with Gasteiger partial charge in [-0.3, -0.25) is 0 Å². The van der Waals surface area contributed by atoms with Gasteiger partial charge < -0.3 is 14.2 Å². The predicted octanol–water partition coefficient (Wildman–Crippen LogP) is 8.37. The number of hydrogen-bond donors (Lipinski definition) is 0. The van der Waals surface area contributed by atoms with Crippen LogP contribution in [0.15, 0.2) is 60.7 Å². The van der Waals surface area contributed by atoms with Gasteiger partial charge in [0, 0.05) is 0 Å². The molecule has 1 saturated carbocycles. The number of rotatable bonds is 9. The van der Waals surface area contributed by atoms with E-state index in [4.69, 9.17) is 9.47 Å². The van der Waals surface area contributed by atoms with Crippen LogP contribution in [0.5, 0.6) is 17.2 Å². The Balaban J connectivity index is 1.34. The molecule has 0 unspecified atom stereocenters. The molecule has 36 heavy (non-hydrogen) atoms. The third kappa shape index (κ3) is 6.31. The zero-order chi connectivity index (χ0) is 25.7. The molecule has 0 radical (unpaired) electrons. The summed E-state index contributed by atoms with van der Waals surface area (Å²) in [6.07, 6.45) is 1.10. The summed E-state index contributed by atoms with van der Waals surface area (Å²) >= 11 is 0. The zero-order valence-corrected chi connectivity index (χ0v) is 20.4. The van der Waals surface area contributed by atoms with Crippen LogP contribution in [0, 0.1) is 17.6 Å². The topological polar surface area (TPSA) is 27.7 Å². The maximum Gasteiger partial charge on any atom is 0.433 e. The van der Waals surface area contributed by atoms with Crippen molar-refractivity contribution < 1.29 is 31.8 Å².